The number of carboxylic acid groups (broad SMARTS) is 1. The van der Waals surface area contributed by atoms with Crippen LogP contribution in [0.2, 0.25) is 0 Å². The van der Waals surface area contributed by atoms with E-state index in [0.717, 1.165) is 0 Å². The van der Waals surface area contributed by atoms with Crippen molar-refractivity contribution in [2.24, 2.45) is 29.2 Å². The summed E-state index contributed by atoms with van der Waals surface area (Å²) in [5.41, 5.74) is 11.5. The van der Waals surface area contributed by atoms with Crippen LogP contribution < -0.4 is 48.7 Å². The lowest BCUT2D eigenvalue weighted by molar-refractivity contribution is -0.143. The number of aromatic hydroxyl groups is 1. The van der Waals surface area contributed by atoms with Crippen LogP contribution in [0, 0.1) is 17.8 Å². The zero-order valence-electron chi connectivity index (χ0n) is 35.0. The number of carboxylic acids is 1. The molecule has 0 fully saturated rings. The number of rotatable bonds is 26. The van der Waals surface area contributed by atoms with Crippen LogP contribution in [0.5, 0.6) is 5.75 Å². The second-order valence-electron chi connectivity index (χ2n) is 15.2. The van der Waals surface area contributed by atoms with Gasteiger partial charge in [0.2, 0.25) is 41.4 Å². The molecule has 0 saturated heterocycles. The van der Waals surface area contributed by atoms with Crippen LogP contribution in [0.3, 0.4) is 0 Å². The number of benzene rings is 1. The third kappa shape index (κ3) is 18.0. The lowest BCUT2D eigenvalue weighted by Crippen LogP contribution is -2.62. The molecule has 1 aromatic rings. The van der Waals surface area contributed by atoms with Crippen molar-refractivity contribution in [2.45, 2.75) is 123 Å². The number of phenols is 1. The summed E-state index contributed by atoms with van der Waals surface area (Å²) in [5, 5.41) is 47.5. The maximum atomic E-state index is 13.7. The Balaban J connectivity index is 3.26. The number of aliphatic hydroxyl groups is 1. The Hall–Kier alpha value is -5.34. The summed E-state index contributed by atoms with van der Waals surface area (Å²) in [4.78, 5) is 104. The van der Waals surface area contributed by atoms with Crippen LogP contribution in [0.25, 0.3) is 0 Å². The van der Waals surface area contributed by atoms with E-state index >= 15 is 0 Å². The molecule has 332 valence electrons. The highest BCUT2D eigenvalue weighted by Crippen LogP contribution is 2.14. The van der Waals surface area contributed by atoms with Crippen LogP contribution in [-0.2, 0) is 44.8 Å². The Morgan fingerprint density at radius 2 is 1.17 bits per heavy atom. The number of nitrogens with two attached hydrogens (primary N) is 2. The highest BCUT2D eigenvalue weighted by atomic mass is 16.4. The molecule has 0 bridgehead atoms. The third-order valence-corrected chi connectivity index (χ3v) is 9.57. The van der Waals surface area contributed by atoms with Gasteiger partial charge in [-0.3, -0.25) is 33.6 Å². The van der Waals surface area contributed by atoms with Crippen molar-refractivity contribution in [3.05, 3.63) is 29.8 Å². The number of hydrogen-bond acceptors (Lipinski definition) is 12. The first-order chi connectivity index (χ1) is 27.7. The van der Waals surface area contributed by atoms with Gasteiger partial charge in [-0.1, -0.05) is 60.1 Å². The lowest BCUT2D eigenvalue weighted by atomic mass is 9.96. The van der Waals surface area contributed by atoms with E-state index in [-0.39, 0.29) is 31.1 Å². The predicted molar refractivity (Wildman–Crippen MR) is 217 cm³/mol. The van der Waals surface area contributed by atoms with Crippen molar-refractivity contribution in [3.8, 4) is 5.75 Å². The molecule has 20 heteroatoms. The van der Waals surface area contributed by atoms with Gasteiger partial charge in [-0.2, -0.15) is 0 Å². The number of phenolic OH excluding ortho intramolecular Hbond substituents is 1. The summed E-state index contributed by atoms with van der Waals surface area (Å²) in [6.07, 6.45) is -0.0967. The molecule has 0 spiro atoms. The molecule has 0 radical (unpaired) electrons. The van der Waals surface area contributed by atoms with E-state index in [2.05, 4.69) is 37.2 Å². The average molecular weight is 836 g/mol. The molecular formula is C39H65N9O11. The first-order valence-corrected chi connectivity index (χ1v) is 19.8. The summed E-state index contributed by atoms with van der Waals surface area (Å²) in [5.74, 6) is -8.10. The molecule has 0 aliphatic rings. The summed E-state index contributed by atoms with van der Waals surface area (Å²) in [6, 6.07) is -1.97. The number of unbranched alkanes of at least 4 members (excludes halogenated alkanes) is 1. The molecule has 20 nitrogen and oxygen atoms in total. The van der Waals surface area contributed by atoms with Gasteiger partial charge in [0, 0.05) is 6.42 Å². The molecule has 1 aromatic carbocycles. The van der Waals surface area contributed by atoms with E-state index in [9.17, 15) is 53.7 Å². The Morgan fingerprint density at radius 3 is 1.68 bits per heavy atom. The molecule has 59 heavy (non-hydrogen) atoms. The lowest BCUT2D eigenvalue weighted by Gasteiger charge is -2.30. The number of carbonyl (C=O) groups is 8. The topological polar surface area (TPSA) is 334 Å². The number of amides is 7. The maximum absolute atomic E-state index is 13.7. The van der Waals surface area contributed by atoms with Gasteiger partial charge in [0.05, 0.1) is 19.2 Å². The normalized spacial score (nSPS) is 15.3. The van der Waals surface area contributed by atoms with Gasteiger partial charge in [-0.05, 0) is 68.2 Å². The smallest absolute Gasteiger partial charge is 0.326 e. The SMILES string of the molecule is CC[C@H](C)[C@H](NC(=O)CN)C(=O)N[C@H](C(=O)N[C@H](C(=O)N[C@@H](Cc1ccc(O)cc1)C(=O)NCC(=O)N[C@@H](CCCCN)C(=O)N[C@H](C(=O)O)C(C)C)[C@@H](C)O)C(C)C. The quantitative estimate of drug-likeness (QED) is 0.0445. The van der Waals surface area contributed by atoms with E-state index in [1.165, 1.54) is 31.2 Å². The minimum absolute atomic E-state index is 0.0653. The number of carbonyl (C=O) groups excluding carboxylic acids is 7. The molecule has 1 rings (SSSR count). The van der Waals surface area contributed by atoms with Crippen LogP contribution in [0.4, 0.5) is 0 Å². The molecule has 0 aliphatic carbocycles. The van der Waals surface area contributed by atoms with Gasteiger partial charge in [-0.15, -0.1) is 0 Å². The highest BCUT2D eigenvalue weighted by Gasteiger charge is 2.36. The van der Waals surface area contributed by atoms with Gasteiger partial charge >= 0.3 is 5.97 Å². The van der Waals surface area contributed by atoms with E-state index in [4.69, 9.17) is 11.5 Å². The van der Waals surface area contributed by atoms with Crippen molar-refractivity contribution < 1.29 is 53.7 Å². The number of aliphatic hydroxyl groups excluding tert-OH is 1. The van der Waals surface area contributed by atoms with E-state index in [0.29, 0.717) is 31.4 Å². The Kier molecular flexibility index (Phi) is 22.7. The molecule has 0 unspecified atom stereocenters. The Morgan fingerprint density at radius 1 is 0.627 bits per heavy atom. The monoisotopic (exact) mass is 835 g/mol. The fourth-order valence-corrected chi connectivity index (χ4v) is 5.76. The molecule has 8 atom stereocenters. The molecule has 0 saturated carbocycles. The zero-order chi connectivity index (χ0) is 45.0. The van der Waals surface area contributed by atoms with Gasteiger partial charge in [0.15, 0.2) is 0 Å². The second-order valence-corrected chi connectivity index (χ2v) is 15.2. The van der Waals surface area contributed by atoms with Crippen molar-refractivity contribution in [2.75, 3.05) is 19.6 Å². The molecule has 7 amide bonds. The van der Waals surface area contributed by atoms with Gasteiger partial charge in [0.1, 0.15) is 42.0 Å². The highest BCUT2D eigenvalue weighted by molar-refractivity contribution is 5.97. The summed E-state index contributed by atoms with van der Waals surface area (Å²) in [6.45, 7) is 10.6. The standard InChI is InChI=1S/C39H65N9O11/c1-8-22(6)32(45-28(51)18-41)37(56)46-30(20(2)3)36(55)48-33(23(7)49)38(57)44-27(17-24-12-14-25(50)15-13-24)34(53)42-19-29(52)43-26(11-9-10-16-40)35(54)47-31(21(4)5)39(58)59/h12-15,20-23,26-27,30-33,49-50H,8-11,16-19,40-41H2,1-7H3,(H,42,53)(H,43,52)(H,44,57)(H,45,51)(H,46,56)(H,47,54)(H,48,55)(H,58,59)/t22-,23+,26-,27-,30-,31-,32-,33-/m0/s1. The number of aliphatic carboxylic acids is 1. The summed E-state index contributed by atoms with van der Waals surface area (Å²) >= 11 is 0. The van der Waals surface area contributed by atoms with Crippen LogP contribution >= 0.6 is 0 Å². The predicted octanol–water partition coefficient (Wildman–Crippen LogP) is -2.13. The van der Waals surface area contributed by atoms with Gasteiger partial charge < -0.3 is 64.0 Å². The van der Waals surface area contributed by atoms with Gasteiger partial charge in [-0.25, -0.2) is 4.79 Å². The number of nitrogens with one attached hydrogen (secondary N) is 7. The average Bonchev–Trinajstić information content (AvgIpc) is 3.17. The summed E-state index contributed by atoms with van der Waals surface area (Å²) < 4.78 is 0. The zero-order valence-corrected chi connectivity index (χ0v) is 35.0. The molecule has 0 heterocycles. The minimum atomic E-state index is -1.64. The first kappa shape index (κ1) is 51.7. The summed E-state index contributed by atoms with van der Waals surface area (Å²) in [7, 11) is 0. The van der Waals surface area contributed by atoms with Crippen molar-refractivity contribution in [3.63, 3.8) is 0 Å². The van der Waals surface area contributed by atoms with Crippen LogP contribution in [0.1, 0.15) is 79.7 Å². The molecule has 14 N–H and O–H groups in total. The minimum Gasteiger partial charge on any atom is -0.508 e. The molecular weight excluding hydrogens is 770 g/mol. The number of hydrogen-bond donors (Lipinski definition) is 12. The fourth-order valence-electron chi connectivity index (χ4n) is 5.76. The van der Waals surface area contributed by atoms with E-state index in [1.54, 1.807) is 34.6 Å². The maximum Gasteiger partial charge on any atom is 0.326 e. The van der Waals surface area contributed by atoms with Crippen LogP contribution in [-0.4, -0.2) is 125 Å². The Bertz CT molecular complexity index is 1570. The molecule has 0 aliphatic heterocycles. The second kappa shape index (κ2) is 25.9. The van der Waals surface area contributed by atoms with Crippen molar-refractivity contribution >= 4 is 47.3 Å². The van der Waals surface area contributed by atoms with Crippen LogP contribution in [0.15, 0.2) is 24.3 Å². The largest absolute Gasteiger partial charge is 0.508 e. The van der Waals surface area contributed by atoms with Crippen molar-refractivity contribution in [1.29, 1.82) is 0 Å². The Labute approximate surface area is 345 Å². The van der Waals surface area contributed by atoms with Gasteiger partial charge in [0.25, 0.3) is 0 Å². The molecule has 0 aromatic heterocycles. The first-order valence-electron chi connectivity index (χ1n) is 19.8. The van der Waals surface area contributed by atoms with Crippen molar-refractivity contribution in [1.82, 2.24) is 37.2 Å². The fraction of sp³-hybridized carbons (Fsp3) is 0.641. The van der Waals surface area contributed by atoms with E-state index < -0.39 is 108 Å². The van der Waals surface area contributed by atoms with E-state index in [1.807, 2.05) is 6.92 Å². The third-order valence-electron chi connectivity index (χ3n) is 9.57.